The molecule has 0 aromatic carbocycles. The molecule has 80 valence electrons. The number of nitrogens with two attached hydrogens (primary N) is 1. The van der Waals surface area contributed by atoms with Crippen LogP contribution in [0.1, 0.15) is 19.2 Å². The van der Waals surface area contributed by atoms with Crippen LogP contribution in [0.25, 0.3) is 0 Å². The maximum atomic E-state index is 5.55. The Bertz CT molecular complexity index is 281. The summed E-state index contributed by atoms with van der Waals surface area (Å²) in [5.41, 5.74) is 5.55. The third kappa shape index (κ3) is 2.45. The Kier molecular flexibility index (Phi) is 3.88. The molecule has 14 heavy (non-hydrogen) atoms. The topological polar surface area (TPSA) is 68.8 Å². The van der Waals surface area contributed by atoms with Crippen molar-refractivity contribution in [3.63, 3.8) is 0 Å². The van der Waals surface area contributed by atoms with E-state index in [2.05, 4.69) is 22.4 Å². The van der Waals surface area contributed by atoms with Gasteiger partial charge in [0, 0.05) is 20.5 Å². The zero-order valence-electron chi connectivity index (χ0n) is 9.12. The van der Waals surface area contributed by atoms with E-state index in [-0.39, 0.29) is 0 Å². The minimum absolute atomic E-state index is 0.546. The Hall–Kier alpha value is -1.10. The van der Waals surface area contributed by atoms with Gasteiger partial charge in [-0.1, -0.05) is 6.92 Å². The van der Waals surface area contributed by atoms with Crippen LogP contribution in [0.3, 0.4) is 0 Å². The molecular weight excluding hydrogens is 178 g/mol. The molecule has 1 aromatic rings. The van der Waals surface area contributed by atoms with Crippen LogP contribution >= 0.6 is 0 Å². The van der Waals surface area contributed by atoms with E-state index in [0.29, 0.717) is 5.92 Å². The monoisotopic (exact) mass is 197 g/mol. The summed E-state index contributed by atoms with van der Waals surface area (Å²) in [6.07, 6.45) is 2.00. The Morgan fingerprint density at radius 3 is 2.71 bits per heavy atom. The summed E-state index contributed by atoms with van der Waals surface area (Å²) >= 11 is 0. The van der Waals surface area contributed by atoms with Crippen molar-refractivity contribution in [2.45, 2.75) is 19.8 Å². The lowest BCUT2D eigenvalue weighted by molar-refractivity contribution is 0.530. The second kappa shape index (κ2) is 4.95. The molecule has 1 rings (SSSR count). The van der Waals surface area contributed by atoms with Crippen molar-refractivity contribution in [3.05, 3.63) is 5.82 Å². The number of anilines is 1. The molecule has 3 N–H and O–H groups in total. The quantitative estimate of drug-likeness (QED) is 0.716. The van der Waals surface area contributed by atoms with Gasteiger partial charge in [0.25, 0.3) is 0 Å². The largest absolute Gasteiger partial charge is 0.357 e. The molecule has 1 aromatic heterocycles. The average molecular weight is 197 g/mol. The lowest BCUT2D eigenvalue weighted by Gasteiger charge is -2.07. The molecule has 1 unspecified atom stereocenters. The molecule has 0 radical (unpaired) electrons. The Balaban J connectivity index is 2.54. The SMILES string of the molecule is CNc1nnc(CCC(C)CN)n1C. The predicted molar refractivity (Wildman–Crippen MR) is 57.1 cm³/mol. The number of rotatable bonds is 5. The van der Waals surface area contributed by atoms with Gasteiger partial charge < -0.3 is 15.6 Å². The van der Waals surface area contributed by atoms with Crippen molar-refractivity contribution in [1.82, 2.24) is 14.8 Å². The molecule has 0 saturated carbocycles. The van der Waals surface area contributed by atoms with Gasteiger partial charge in [-0.15, -0.1) is 10.2 Å². The van der Waals surface area contributed by atoms with Crippen molar-refractivity contribution in [2.24, 2.45) is 18.7 Å². The molecule has 0 fully saturated rings. The minimum atomic E-state index is 0.546. The molecule has 0 saturated heterocycles. The Morgan fingerprint density at radius 2 is 2.21 bits per heavy atom. The van der Waals surface area contributed by atoms with Gasteiger partial charge in [0.15, 0.2) is 0 Å². The van der Waals surface area contributed by atoms with Crippen LogP contribution < -0.4 is 11.1 Å². The zero-order chi connectivity index (χ0) is 10.6. The first-order valence-electron chi connectivity index (χ1n) is 4.95. The predicted octanol–water partition coefficient (Wildman–Crippen LogP) is 0.384. The highest BCUT2D eigenvalue weighted by Crippen LogP contribution is 2.09. The lowest BCUT2D eigenvalue weighted by Crippen LogP contribution is -2.12. The van der Waals surface area contributed by atoms with Crippen LogP contribution in [0.2, 0.25) is 0 Å². The minimum Gasteiger partial charge on any atom is -0.357 e. The summed E-state index contributed by atoms with van der Waals surface area (Å²) in [6, 6.07) is 0. The van der Waals surface area contributed by atoms with E-state index in [4.69, 9.17) is 5.73 Å². The highest BCUT2D eigenvalue weighted by molar-refractivity contribution is 5.23. The van der Waals surface area contributed by atoms with Crippen LogP contribution in [0.4, 0.5) is 5.95 Å². The van der Waals surface area contributed by atoms with Crippen molar-refractivity contribution >= 4 is 5.95 Å². The van der Waals surface area contributed by atoms with Crippen LogP contribution in [0.15, 0.2) is 0 Å². The van der Waals surface area contributed by atoms with Crippen LogP contribution in [-0.2, 0) is 13.5 Å². The molecule has 0 amide bonds. The normalized spacial score (nSPS) is 12.9. The summed E-state index contributed by atoms with van der Waals surface area (Å²) < 4.78 is 1.98. The first-order valence-corrected chi connectivity index (χ1v) is 4.95. The fourth-order valence-electron chi connectivity index (χ4n) is 1.29. The van der Waals surface area contributed by atoms with E-state index in [9.17, 15) is 0 Å². The van der Waals surface area contributed by atoms with Crippen molar-refractivity contribution in [3.8, 4) is 0 Å². The van der Waals surface area contributed by atoms with E-state index < -0.39 is 0 Å². The van der Waals surface area contributed by atoms with Gasteiger partial charge >= 0.3 is 0 Å². The second-order valence-electron chi connectivity index (χ2n) is 3.63. The molecule has 5 heteroatoms. The first-order chi connectivity index (χ1) is 6.69. The van der Waals surface area contributed by atoms with E-state index in [1.54, 1.807) is 0 Å². The molecule has 0 aliphatic rings. The van der Waals surface area contributed by atoms with Crippen LogP contribution in [0.5, 0.6) is 0 Å². The summed E-state index contributed by atoms with van der Waals surface area (Å²) in [4.78, 5) is 0. The number of aromatic nitrogens is 3. The highest BCUT2D eigenvalue weighted by Gasteiger charge is 2.08. The third-order valence-corrected chi connectivity index (χ3v) is 2.45. The summed E-state index contributed by atoms with van der Waals surface area (Å²) in [6.45, 7) is 2.88. The van der Waals surface area contributed by atoms with Gasteiger partial charge in [0.05, 0.1) is 0 Å². The van der Waals surface area contributed by atoms with Gasteiger partial charge in [-0.3, -0.25) is 0 Å². The van der Waals surface area contributed by atoms with E-state index in [0.717, 1.165) is 31.2 Å². The van der Waals surface area contributed by atoms with Crippen molar-refractivity contribution in [1.29, 1.82) is 0 Å². The molecule has 0 aliphatic carbocycles. The third-order valence-electron chi connectivity index (χ3n) is 2.45. The summed E-state index contributed by atoms with van der Waals surface area (Å²) in [5, 5.41) is 11.1. The summed E-state index contributed by atoms with van der Waals surface area (Å²) in [7, 11) is 3.81. The number of aryl methyl sites for hydroxylation is 1. The van der Waals surface area contributed by atoms with Gasteiger partial charge in [-0.05, 0) is 18.9 Å². The molecular formula is C9H19N5. The standard InChI is InChI=1S/C9H19N5/c1-7(6-10)4-5-8-12-13-9(11-2)14(8)3/h7H,4-6,10H2,1-3H3,(H,11,13). The molecule has 1 atom stereocenters. The van der Waals surface area contributed by atoms with Crippen molar-refractivity contribution in [2.75, 3.05) is 18.9 Å². The Labute approximate surface area is 84.7 Å². The summed E-state index contributed by atoms with van der Waals surface area (Å²) in [5.74, 6) is 2.36. The lowest BCUT2D eigenvalue weighted by atomic mass is 10.1. The smallest absolute Gasteiger partial charge is 0.224 e. The maximum Gasteiger partial charge on any atom is 0.224 e. The van der Waals surface area contributed by atoms with Crippen LogP contribution in [0, 0.1) is 5.92 Å². The van der Waals surface area contributed by atoms with Gasteiger partial charge in [-0.25, -0.2) is 0 Å². The molecule has 0 aliphatic heterocycles. The number of hydrogen-bond donors (Lipinski definition) is 2. The molecule has 5 nitrogen and oxygen atoms in total. The average Bonchev–Trinajstić information content (AvgIpc) is 2.56. The molecule has 0 bridgehead atoms. The molecule has 1 heterocycles. The second-order valence-corrected chi connectivity index (χ2v) is 3.63. The first kappa shape index (κ1) is 11.0. The number of nitrogens with zero attached hydrogens (tertiary/aromatic N) is 3. The molecule has 0 spiro atoms. The van der Waals surface area contributed by atoms with Gasteiger partial charge in [-0.2, -0.15) is 0 Å². The van der Waals surface area contributed by atoms with E-state index >= 15 is 0 Å². The maximum absolute atomic E-state index is 5.55. The highest BCUT2D eigenvalue weighted by atomic mass is 15.3. The number of nitrogens with one attached hydrogen (secondary N) is 1. The van der Waals surface area contributed by atoms with Gasteiger partial charge in [0.1, 0.15) is 5.82 Å². The fraction of sp³-hybridized carbons (Fsp3) is 0.778. The van der Waals surface area contributed by atoms with Crippen molar-refractivity contribution < 1.29 is 0 Å². The van der Waals surface area contributed by atoms with Crippen LogP contribution in [-0.4, -0.2) is 28.4 Å². The Morgan fingerprint density at radius 1 is 1.50 bits per heavy atom. The zero-order valence-corrected chi connectivity index (χ0v) is 9.12. The van der Waals surface area contributed by atoms with E-state index in [1.807, 2.05) is 18.7 Å². The number of hydrogen-bond acceptors (Lipinski definition) is 4. The van der Waals surface area contributed by atoms with E-state index in [1.165, 1.54) is 0 Å². The fourth-order valence-corrected chi connectivity index (χ4v) is 1.29. The van der Waals surface area contributed by atoms with Gasteiger partial charge in [0.2, 0.25) is 5.95 Å².